The highest BCUT2D eigenvalue weighted by Crippen LogP contribution is 2.34. The molecule has 2 N–H and O–H groups in total. The Bertz CT molecular complexity index is 918. The van der Waals surface area contributed by atoms with Gasteiger partial charge in [-0.2, -0.15) is 0 Å². The molecule has 27 heavy (non-hydrogen) atoms. The first kappa shape index (κ1) is 17.0. The summed E-state index contributed by atoms with van der Waals surface area (Å²) in [6, 6.07) is 12.2. The van der Waals surface area contributed by atoms with Gasteiger partial charge in [0.05, 0.1) is 23.7 Å². The van der Waals surface area contributed by atoms with Gasteiger partial charge in [-0.1, -0.05) is 0 Å². The van der Waals surface area contributed by atoms with Gasteiger partial charge in [-0.3, -0.25) is 14.9 Å². The van der Waals surface area contributed by atoms with Crippen molar-refractivity contribution in [2.75, 3.05) is 41.8 Å². The summed E-state index contributed by atoms with van der Waals surface area (Å²) in [5.74, 6) is -0.289. The number of nitrogens with zero attached hydrogens (tertiary/aromatic N) is 2. The molecule has 0 aliphatic carbocycles. The maximum atomic E-state index is 12.2. The predicted octanol–water partition coefficient (Wildman–Crippen LogP) is 2.84. The van der Waals surface area contributed by atoms with E-state index in [9.17, 15) is 14.9 Å². The molecule has 0 saturated carbocycles. The summed E-state index contributed by atoms with van der Waals surface area (Å²) in [6.07, 6.45) is 1.58. The minimum atomic E-state index is -0.474. The van der Waals surface area contributed by atoms with Gasteiger partial charge in [0.15, 0.2) is 0 Å². The second kappa shape index (κ2) is 7.08. The normalized spacial score (nSPS) is 17.6. The van der Waals surface area contributed by atoms with Crippen molar-refractivity contribution < 1.29 is 14.5 Å². The first-order chi connectivity index (χ1) is 13.1. The van der Waals surface area contributed by atoms with Crippen LogP contribution in [0.2, 0.25) is 0 Å². The lowest BCUT2D eigenvalue weighted by Gasteiger charge is -2.28. The third-order valence-electron chi connectivity index (χ3n) is 4.62. The van der Waals surface area contributed by atoms with Gasteiger partial charge >= 0.3 is 0 Å². The predicted molar refractivity (Wildman–Crippen MR) is 103 cm³/mol. The summed E-state index contributed by atoms with van der Waals surface area (Å²) in [5.41, 5.74) is 3.35. The second-order valence-corrected chi connectivity index (χ2v) is 6.29. The number of nitrogens with one attached hydrogen (secondary N) is 2. The lowest BCUT2D eigenvalue weighted by atomic mass is 10.1. The molecular formula is C19H18N4O4. The first-order valence-corrected chi connectivity index (χ1v) is 8.61. The van der Waals surface area contributed by atoms with Gasteiger partial charge in [-0.05, 0) is 30.3 Å². The van der Waals surface area contributed by atoms with Gasteiger partial charge in [0.1, 0.15) is 0 Å². The monoisotopic (exact) mass is 366 g/mol. The topological polar surface area (TPSA) is 96.7 Å². The molecule has 0 aromatic heterocycles. The Morgan fingerprint density at radius 3 is 2.59 bits per heavy atom. The van der Waals surface area contributed by atoms with Gasteiger partial charge in [-0.25, -0.2) is 0 Å². The van der Waals surface area contributed by atoms with Crippen LogP contribution in [0, 0.1) is 10.1 Å². The zero-order chi connectivity index (χ0) is 18.8. The van der Waals surface area contributed by atoms with Gasteiger partial charge in [0.2, 0.25) is 0 Å². The molecule has 138 valence electrons. The minimum Gasteiger partial charge on any atom is -0.378 e. The number of amides is 1. The van der Waals surface area contributed by atoms with Crippen LogP contribution < -0.4 is 15.5 Å². The van der Waals surface area contributed by atoms with Crippen LogP contribution in [0.25, 0.3) is 5.57 Å². The van der Waals surface area contributed by atoms with Crippen LogP contribution in [0.1, 0.15) is 5.56 Å². The summed E-state index contributed by atoms with van der Waals surface area (Å²) in [4.78, 5) is 25.0. The minimum absolute atomic E-state index is 0.0500. The van der Waals surface area contributed by atoms with Crippen LogP contribution in [-0.4, -0.2) is 37.1 Å². The molecule has 2 aromatic rings. The number of ether oxygens (including phenoxy) is 1. The third kappa shape index (κ3) is 3.47. The second-order valence-electron chi connectivity index (χ2n) is 6.29. The van der Waals surface area contributed by atoms with Crippen LogP contribution in [-0.2, 0) is 9.53 Å². The number of hydrogen-bond donors (Lipinski definition) is 2. The van der Waals surface area contributed by atoms with E-state index in [1.54, 1.807) is 12.3 Å². The number of morpholine rings is 1. The quantitative estimate of drug-likeness (QED) is 0.491. The fourth-order valence-corrected chi connectivity index (χ4v) is 3.18. The van der Waals surface area contributed by atoms with Crippen molar-refractivity contribution in [3.8, 4) is 0 Å². The van der Waals surface area contributed by atoms with Crippen molar-refractivity contribution in [2.45, 2.75) is 0 Å². The molecule has 1 fully saturated rings. The zero-order valence-electron chi connectivity index (χ0n) is 14.5. The van der Waals surface area contributed by atoms with E-state index in [0.717, 1.165) is 37.7 Å². The highest BCUT2D eigenvalue weighted by Gasteiger charge is 2.26. The van der Waals surface area contributed by atoms with E-state index in [1.807, 2.05) is 24.3 Å². The average molecular weight is 366 g/mol. The van der Waals surface area contributed by atoms with E-state index in [4.69, 9.17) is 4.74 Å². The molecule has 2 heterocycles. The molecule has 2 aliphatic rings. The molecule has 0 atom stereocenters. The SMILES string of the molecule is O=C1Nc2ccc([N+](=O)[O-])cc2C1=CNc1ccc(N2CCOCC2)cc1. The Labute approximate surface area is 155 Å². The number of fused-ring (bicyclic) bond motifs is 1. The molecule has 0 unspecified atom stereocenters. The number of benzene rings is 2. The lowest BCUT2D eigenvalue weighted by molar-refractivity contribution is -0.384. The van der Waals surface area contributed by atoms with E-state index in [0.29, 0.717) is 16.8 Å². The van der Waals surface area contributed by atoms with E-state index in [1.165, 1.54) is 12.1 Å². The zero-order valence-corrected chi connectivity index (χ0v) is 14.5. The Balaban J connectivity index is 1.52. The van der Waals surface area contributed by atoms with Crippen LogP contribution in [0.4, 0.5) is 22.7 Å². The van der Waals surface area contributed by atoms with Crippen LogP contribution >= 0.6 is 0 Å². The molecule has 2 aromatic carbocycles. The highest BCUT2D eigenvalue weighted by atomic mass is 16.6. The van der Waals surface area contributed by atoms with Crippen molar-refractivity contribution in [2.24, 2.45) is 0 Å². The molecule has 0 spiro atoms. The molecular weight excluding hydrogens is 348 g/mol. The molecule has 0 radical (unpaired) electrons. The summed E-state index contributed by atoms with van der Waals surface area (Å²) in [6.45, 7) is 3.19. The van der Waals surface area contributed by atoms with Gasteiger partial charge < -0.3 is 20.3 Å². The molecule has 0 bridgehead atoms. The smallest absolute Gasteiger partial charge is 0.270 e. The lowest BCUT2D eigenvalue weighted by Crippen LogP contribution is -2.36. The Morgan fingerprint density at radius 1 is 1.15 bits per heavy atom. The molecule has 1 amide bonds. The number of rotatable bonds is 4. The number of carbonyl (C=O) groups is 1. The van der Waals surface area contributed by atoms with Crippen molar-refractivity contribution in [1.82, 2.24) is 0 Å². The molecule has 4 rings (SSSR count). The Kier molecular flexibility index (Phi) is 4.47. The molecule has 2 aliphatic heterocycles. The van der Waals surface area contributed by atoms with Gasteiger partial charge in [0, 0.05) is 54.0 Å². The summed E-state index contributed by atoms with van der Waals surface area (Å²) < 4.78 is 5.36. The maximum absolute atomic E-state index is 12.2. The van der Waals surface area contributed by atoms with E-state index in [2.05, 4.69) is 15.5 Å². The standard InChI is InChI=1S/C19H18N4O4/c24-19-17(16-11-15(23(25)26)5-6-18(16)21-19)12-20-13-1-3-14(4-2-13)22-7-9-27-10-8-22/h1-6,11-12,20H,7-10H2,(H,21,24). The number of non-ortho nitro benzene ring substituents is 1. The summed E-state index contributed by atoms with van der Waals surface area (Å²) >= 11 is 0. The molecule has 8 heteroatoms. The number of anilines is 3. The van der Waals surface area contributed by atoms with E-state index >= 15 is 0 Å². The largest absolute Gasteiger partial charge is 0.378 e. The van der Waals surface area contributed by atoms with E-state index in [-0.39, 0.29) is 11.6 Å². The molecule has 1 saturated heterocycles. The van der Waals surface area contributed by atoms with Crippen LogP contribution in [0.5, 0.6) is 0 Å². The molecule has 8 nitrogen and oxygen atoms in total. The maximum Gasteiger partial charge on any atom is 0.270 e. The third-order valence-corrected chi connectivity index (χ3v) is 4.62. The van der Waals surface area contributed by atoms with Crippen LogP contribution in [0.15, 0.2) is 48.7 Å². The number of nitro benzene ring substituents is 1. The Morgan fingerprint density at radius 2 is 1.89 bits per heavy atom. The number of carbonyl (C=O) groups excluding carboxylic acids is 1. The summed E-state index contributed by atoms with van der Waals surface area (Å²) in [7, 11) is 0. The fourth-order valence-electron chi connectivity index (χ4n) is 3.18. The average Bonchev–Trinajstić information content (AvgIpc) is 3.01. The van der Waals surface area contributed by atoms with Crippen LogP contribution in [0.3, 0.4) is 0 Å². The van der Waals surface area contributed by atoms with Crippen molar-refractivity contribution in [3.63, 3.8) is 0 Å². The number of nitro groups is 1. The van der Waals surface area contributed by atoms with Crippen molar-refractivity contribution in [1.29, 1.82) is 0 Å². The van der Waals surface area contributed by atoms with Crippen molar-refractivity contribution in [3.05, 3.63) is 64.3 Å². The summed E-state index contributed by atoms with van der Waals surface area (Å²) in [5, 5.41) is 16.8. The highest BCUT2D eigenvalue weighted by molar-refractivity contribution is 6.31. The first-order valence-electron chi connectivity index (χ1n) is 8.61. The number of hydrogen-bond acceptors (Lipinski definition) is 6. The fraction of sp³-hybridized carbons (Fsp3) is 0.211. The van der Waals surface area contributed by atoms with Gasteiger partial charge in [-0.15, -0.1) is 0 Å². The van der Waals surface area contributed by atoms with E-state index < -0.39 is 4.92 Å². The Hall–Kier alpha value is -3.39. The van der Waals surface area contributed by atoms with Gasteiger partial charge in [0.25, 0.3) is 11.6 Å². The van der Waals surface area contributed by atoms with Crippen molar-refractivity contribution >= 4 is 34.2 Å².